The number of fused-ring (bicyclic) bond motifs is 1. The monoisotopic (exact) mass is 354 g/mol. The zero-order chi connectivity index (χ0) is 18.4. The number of pyridine rings is 1. The van der Waals surface area contributed by atoms with E-state index < -0.39 is 5.41 Å². The van der Waals surface area contributed by atoms with Crippen molar-refractivity contribution >= 4 is 5.91 Å². The molecule has 1 aromatic heterocycles. The van der Waals surface area contributed by atoms with Gasteiger partial charge < -0.3 is 5.32 Å². The first-order chi connectivity index (χ1) is 13.2. The third-order valence-electron chi connectivity index (χ3n) is 6.32. The third kappa shape index (κ3) is 2.42. The van der Waals surface area contributed by atoms with Crippen molar-refractivity contribution in [1.82, 2.24) is 10.3 Å². The maximum atomic E-state index is 13.4. The highest BCUT2D eigenvalue weighted by atomic mass is 16.2. The molecule has 134 valence electrons. The molecular weight excluding hydrogens is 332 g/mol. The van der Waals surface area contributed by atoms with Crippen LogP contribution in [0.5, 0.6) is 0 Å². The Kier molecular flexibility index (Phi) is 3.64. The molecule has 1 heterocycles. The first-order valence-corrected chi connectivity index (χ1v) is 9.53. The third-order valence-corrected chi connectivity index (χ3v) is 6.32. The Morgan fingerprint density at radius 3 is 2.22 bits per heavy atom. The number of hydrogen-bond donors (Lipinski definition) is 1. The lowest BCUT2D eigenvalue weighted by molar-refractivity contribution is -0.132. The number of aromatic nitrogens is 1. The van der Waals surface area contributed by atoms with E-state index in [2.05, 4.69) is 65.8 Å². The minimum atomic E-state index is -0.449. The molecule has 3 heteroatoms. The summed E-state index contributed by atoms with van der Waals surface area (Å²) in [7, 11) is 0. The molecule has 3 aromatic rings. The molecule has 0 fully saturated rings. The Bertz CT molecular complexity index is 966. The number of rotatable bonds is 3. The van der Waals surface area contributed by atoms with Gasteiger partial charge in [0, 0.05) is 30.8 Å². The van der Waals surface area contributed by atoms with Gasteiger partial charge in [0.2, 0.25) is 5.91 Å². The largest absolute Gasteiger partial charge is 0.351 e. The molecule has 0 spiro atoms. The number of nitrogens with zero attached hydrogens (tertiary/aromatic N) is 1. The van der Waals surface area contributed by atoms with Crippen molar-refractivity contribution in [2.24, 2.45) is 5.41 Å². The van der Waals surface area contributed by atoms with Gasteiger partial charge in [-0.2, -0.15) is 0 Å². The van der Waals surface area contributed by atoms with Gasteiger partial charge >= 0.3 is 0 Å². The number of amides is 1. The molecule has 6 rings (SSSR count). The Hall–Kier alpha value is -2.94. The fraction of sp³-hybridized carbons (Fsp3) is 0.250. The molecule has 3 aliphatic carbocycles. The molecule has 3 aliphatic rings. The number of nitrogens with one attached hydrogen (secondary N) is 1. The second kappa shape index (κ2) is 6.05. The summed E-state index contributed by atoms with van der Waals surface area (Å²) in [5.74, 6) is 0.519. The highest BCUT2D eigenvalue weighted by Crippen LogP contribution is 2.60. The lowest BCUT2D eigenvalue weighted by atomic mass is 9.52. The van der Waals surface area contributed by atoms with Crippen LogP contribution in [0.3, 0.4) is 0 Å². The number of hydrogen-bond acceptors (Lipinski definition) is 2. The van der Waals surface area contributed by atoms with Gasteiger partial charge in [-0.15, -0.1) is 0 Å². The predicted molar refractivity (Wildman–Crippen MR) is 105 cm³/mol. The minimum Gasteiger partial charge on any atom is -0.351 e. The standard InChI is InChI=1S/C24H22N2O/c1-24(23(27)26-15-16-7-6-12-25-14-16)13-21-17-8-2-4-10-19(17)22(24)20-11-5-3-9-18(20)21/h2-12,14,21-22H,13,15H2,1H3,(H,26,27)/t21?,22?,24-/m0/s1. The highest BCUT2D eigenvalue weighted by molar-refractivity contribution is 5.86. The van der Waals surface area contributed by atoms with Crippen molar-refractivity contribution in [3.63, 3.8) is 0 Å². The van der Waals surface area contributed by atoms with E-state index in [1.165, 1.54) is 22.3 Å². The maximum absolute atomic E-state index is 13.4. The Balaban J connectivity index is 1.53. The molecule has 0 unspecified atom stereocenters. The van der Waals surface area contributed by atoms with Gasteiger partial charge in [0.15, 0.2) is 0 Å². The van der Waals surface area contributed by atoms with E-state index in [0.717, 1.165) is 12.0 Å². The van der Waals surface area contributed by atoms with Gasteiger partial charge in [0.25, 0.3) is 0 Å². The summed E-state index contributed by atoms with van der Waals surface area (Å²) in [6.07, 6.45) is 4.41. The van der Waals surface area contributed by atoms with Crippen LogP contribution < -0.4 is 5.32 Å². The van der Waals surface area contributed by atoms with Crippen LogP contribution in [0, 0.1) is 5.41 Å². The van der Waals surface area contributed by atoms with Gasteiger partial charge in [-0.1, -0.05) is 54.6 Å². The van der Waals surface area contributed by atoms with Gasteiger partial charge in [-0.3, -0.25) is 9.78 Å². The van der Waals surface area contributed by atoms with Crippen LogP contribution in [0.1, 0.15) is 53.0 Å². The summed E-state index contributed by atoms with van der Waals surface area (Å²) in [6, 6.07) is 21.2. The summed E-state index contributed by atoms with van der Waals surface area (Å²) in [6.45, 7) is 2.65. The molecule has 0 aliphatic heterocycles. The van der Waals surface area contributed by atoms with Gasteiger partial charge in [-0.25, -0.2) is 0 Å². The molecule has 2 aromatic carbocycles. The molecule has 1 amide bonds. The zero-order valence-electron chi connectivity index (χ0n) is 15.4. The van der Waals surface area contributed by atoms with Gasteiger partial charge in [0.1, 0.15) is 0 Å². The average Bonchev–Trinajstić information content (AvgIpc) is 2.73. The molecule has 0 radical (unpaired) electrons. The summed E-state index contributed by atoms with van der Waals surface area (Å²) in [4.78, 5) is 17.5. The molecule has 2 bridgehead atoms. The van der Waals surface area contributed by atoms with Crippen LogP contribution in [0.25, 0.3) is 0 Å². The SMILES string of the molecule is C[C@]1(C(=O)NCc2cccnc2)CC2c3ccccc3C1c1ccccc12. The van der Waals surface area contributed by atoms with Crippen molar-refractivity contribution in [2.45, 2.75) is 31.7 Å². The highest BCUT2D eigenvalue weighted by Gasteiger charge is 2.53. The van der Waals surface area contributed by atoms with Crippen LogP contribution in [0.15, 0.2) is 73.1 Å². The summed E-state index contributed by atoms with van der Waals surface area (Å²) in [5, 5.41) is 3.18. The van der Waals surface area contributed by atoms with Gasteiger partial charge in [0.05, 0.1) is 5.41 Å². The summed E-state index contributed by atoms with van der Waals surface area (Å²) >= 11 is 0. The maximum Gasteiger partial charge on any atom is 0.227 e. The van der Waals surface area contributed by atoms with E-state index in [9.17, 15) is 4.79 Å². The smallest absolute Gasteiger partial charge is 0.227 e. The van der Waals surface area contributed by atoms with E-state index in [1.807, 2.05) is 12.1 Å². The lowest BCUT2D eigenvalue weighted by Crippen LogP contribution is -2.49. The van der Waals surface area contributed by atoms with E-state index >= 15 is 0 Å². The van der Waals surface area contributed by atoms with E-state index in [1.54, 1.807) is 12.4 Å². The fourth-order valence-corrected chi connectivity index (χ4v) is 5.08. The topological polar surface area (TPSA) is 42.0 Å². The molecule has 3 nitrogen and oxygen atoms in total. The average molecular weight is 354 g/mol. The first kappa shape index (κ1) is 16.2. The number of benzene rings is 2. The van der Waals surface area contributed by atoms with Crippen molar-refractivity contribution in [1.29, 1.82) is 0 Å². The van der Waals surface area contributed by atoms with E-state index in [-0.39, 0.29) is 17.7 Å². The molecule has 0 saturated heterocycles. The van der Waals surface area contributed by atoms with Crippen molar-refractivity contribution in [3.05, 3.63) is 101 Å². The predicted octanol–water partition coefficient (Wildman–Crippen LogP) is 4.39. The van der Waals surface area contributed by atoms with Crippen LogP contribution >= 0.6 is 0 Å². The van der Waals surface area contributed by atoms with Crippen LogP contribution in [0.4, 0.5) is 0 Å². The second-order valence-corrected chi connectivity index (χ2v) is 7.91. The summed E-state index contributed by atoms with van der Waals surface area (Å²) < 4.78 is 0. The van der Waals surface area contributed by atoms with Crippen molar-refractivity contribution in [2.75, 3.05) is 0 Å². The zero-order valence-corrected chi connectivity index (χ0v) is 15.4. The molecule has 27 heavy (non-hydrogen) atoms. The van der Waals surface area contributed by atoms with Crippen molar-refractivity contribution in [3.8, 4) is 0 Å². The number of carbonyl (C=O) groups is 1. The molecule has 1 N–H and O–H groups in total. The van der Waals surface area contributed by atoms with Gasteiger partial charge in [-0.05, 0) is 47.2 Å². The lowest BCUT2D eigenvalue weighted by Gasteiger charge is -2.50. The minimum absolute atomic E-state index is 0.101. The summed E-state index contributed by atoms with van der Waals surface area (Å²) in [5.41, 5.74) is 5.97. The Morgan fingerprint density at radius 1 is 1.00 bits per heavy atom. The fourth-order valence-electron chi connectivity index (χ4n) is 5.08. The van der Waals surface area contributed by atoms with E-state index in [4.69, 9.17) is 0 Å². The first-order valence-electron chi connectivity index (χ1n) is 9.53. The quantitative estimate of drug-likeness (QED) is 0.758. The van der Waals surface area contributed by atoms with Crippen LogP contribution in [-0.2, 0) is 11.3 Å². The normalized spacial score (nSPS) is 24.8. The molecule has 1 atom stereocenters. The second-order valence-electron chi connectivity index (χ2n) is 7.91. The Morgan fingerprint density at radius 2 is 1.63 bits per heavy atom. The van der Waals surface area contributed by atoms with Crippen LogP contribution in [0.2, 0.25) is 0 Å². The van der Waals surface area contributed by atoms with Crippen LogP contribution in [-0.4, -0.2) is 10.9 Å². The van der Waals surface area contributed by atoms with Crippen molar-refractivity contribution < 1.29 is 4.79 Å². The van der Waals surface area contributed by atoms with E-state index in [0.29, 0.717) is 6.54 Å². The number of carbonyl (C=O) groups excluding carboxylic acids is 1. The molecule has 0 saturated carbocycles. The Labute approximate surface area is 159 Å². The molecular formula is C24H22N2O.